The van der Waals surface area contributed by atoms with E-state index in [4.69, 9.17) is 19.0 Å². The minimum absolute atomic E-state index is 0.0634. The molecule has 0 spiro atoms. The van der Waals surface area contributed by atoms with Crippen LogP contribution >= 0.6 is 0 Å². The monoisotopic (exact) mass is 511 g/mol. The number of nitrogens with one attached hydrogen (secondary N) is 1. The topological polar surface area (TPSA) is 115 Å². The lowest BCUT2D eigenvalue weighted by Gasteiger charge is -2.26. The zero-order chi connectivity index (χ0) is 25.3. The Bertz CT molecular complexity index is 1360. The molecule has 2 unspecified atom stereocenters. The molecule has 0 radical (unpaired) electrons. The van der Waals surface area contributed by atoms with E-state index in [9.17, 15) is 13.2 Å². The Morgan fingerprint density at radius 2 is 1.89 bits per heavy atom. The molecule has 3 aromatic rings. The van der Waals surface area contributed by atoms with Crippen LogP contribution in [0.4, 0.5) is 5.69 Å². The van der Waals surface area contributed by atoms with Crippen molar-refractivity contribution in [2.45, 2.75) is 49.7 Å². The fourth-order valence-electron chi connectivity index (χ4n) is 4.82. The van der Waals surface area contributed by atoms with Crippen LogP contribution in [0.1, 0.15) is 45.7 Å². The fraction of sp³-hybridized carbons (Fsp3) is 0.370. The van der Waals surface area contributed by atoms with E-state index in [0.29, 0.717) is 36.8 Å². The Labute approximate surface area is 210 Å². The molecule has 0 saturated carbocycles. The van der Waals surface area contributed by atoms with Gasteiger partial charge >= 0.3 is 5.97 Å². The quantitative estimate of drug-likeness (QED) is 0.428. The van der Waals surface area contributed by atoms with Crippen LogP contribution in [0.3, 0.4) is 0 Å². The zero-order valence-corrected chi connectivity index (χ0v) is 20.8. The van der Waals surface area contributed by atoms with Gasteiger partial charge in [-0.3, -0.25) is 0 Å². The Hall–Kier alpha value is -3.30. The van der Waals surface area contributed by atoms with Crippen LogP contribution < -0.4 is 10.1 Å². The van der Waals surface area contributed by atoms with Gasteiger partial charge in [0.05, 0.1) is 17.9 Å². The van der Waals surface area contributed by atoms with Crippen molar-refractivity contribution in [1.82, 2.24) is 0 Å². The molecule has 1 aromatic heterocycles. The normalized spacial score (nSPS) is 18.1. The highest BCUT2D eigenvalue weighted by molar-refractivity contribution is 7.92. The molecule has 1 fully saturated rings. The summed E-state index contributed by atoms with van der Waals surface area (Å²) in [6.45, 7) is 2.79. The summed E-state index contributed by atoms with van der Waals surface area (Å²) in [5.74, 6) is -0.134. The number of hydrogen-bond acceptors (Lipinski definition) is 7. The minimum atomic E-state index is -3.84. The van der Waals surface area contributed by atoms with E-state index in [0.717, 1.165) is 24.8 Å². The molecule has 2 atom stereocenters. The van der Waals surface area contributed by atoms with Gasteiger partial charge in [-0.25, -0.2) is 13.2 Å². The van der Waals surface area contributed by atoms with Gasteiger partial charge in [0.25, 0.3) is 0 Å². The van der Waals surface area contributed by atoms with E-state index in [1.165, 1.54) is 29.3 Å². The molecule has 9 heteroatoms. The molecule has 2 aliphatic rings. The number of furan rings is 1. The number of aromatic carboxylic acids is 1. The highest BCUT2D eigenvalue weighted by Gasteiger charge is 2.39. The van der Waals surface area contributed by atoms with E-state index < -0.39 is 21.2 Å². The van der Waals surface area contributed by atoms with Gasteiger partial charge in [0.15, 0.2) is 0 Å². The number of hydrogen-bond donors (Lipinski definition) is 2. The summed E-state index contributed by atoms with van der Waals surface area (Å²) < 4.78 is 44.5. The molecule has 1 aliphatic carbocycles. The molecule has 8 nitrogen and oxygen atoms in total. The number of rotatable bonds is 9. The van der Waals surface area contributed by atoms with Crippen LogP contribution in [-0.4, -0.2) is 38.1 Å². The highest BCUT2D eigenvalue weighted by Crippen LogP contribution is 2.37. The summed E-state index contributed by atoms with van der Waals surface area (Å²) in [4.78, 5) is 11.1. The summed E-state index contributed by atoms with van der Waals surface area (Å²) in [5, 5.41) is 11.4. The highest BCUT2D eigenvalue weighted by atomic mass is 32.2. The predicted molar refractivity (Wildman–Crippen MR) is 133 cm³/mol. The SMILES string of the molecule is Cc1ccc(S(=O)(=O)C(Nc2cc3c(cc2OCc2ccc(C(=O)O)cc2)CCC3)C2CCOC2)o1. The van der Waals surface area contributed by atoms with E-state index in [1.54, 1.807) is 25.1 Å². The first kappa shape index (κ1) is 24.4. The average Bonchev–Trinajstić information content (AvgIpc) is 3.63. The summed E-state index contributed by atoms with van der Waals surface area (Å²) in [6.07, 6.45) is 3.54. The van der Waals surface area contributed by atoms with Gasteiger partial charge in [0, 0.05) is 12.5 Å². The molecule has 2 N–H and O–H groups in total. The first-order valence-corrected chi connectivity index (χ1v) is 13.6. The maximum absolute atomic E-state index is 13.6. The summed E-state index contributed by atoms with van der Waals surface area (Å²) in [6, 6.07) is 13.6. The lowest BCUT2D eigenvalue weighted by atomic mass is 10.1. The lowest BCUT2D eigenvalue weighted by molar-refractivity contribution is 0.0696. The first-order valence-electron chi connectivity index (χ1n) is 12.1. The Morgan fingerprint density at radius 1 is 1.14 bits per heavy atom. The van der Waals surface area contributed by atoms with Crippen LogP contribution in [-0.2, 0) is 34.0 Å². The maximum atomic E-state index is 13.6. The predicted octanol–water partition coefficient (Wildman–Crippen LogP) is 4.60. The smallest absolute Gasteiger partial charge is 0.335 e. The molecule has 2 aromatic carbocycles. The van der Waals surface area contributed by atoms with E-state index in [2.05, 4.69) is 5.32 Å². The number of sulfone groups is 1. The van der Waals surface area contributed by atoms with Gasteiger partial charge in [-0.1, -0.05) is 12.1 Å². The van der Waals surface area contributed by atoms with Gasteiger partial charge in [0.2, 0.25) is 14.9 Å². The van der Waals surface area contributed by atoms with Crippen molar-refractivity contribution in [1.29, 1.82) is 0 Å². The van der Waals surface area contributed by atoms with Gasteiger partial charge < -0.3 is 24.3 Å². The van der Waals surface area contributed by atoms with Crippen LogP contribution in [0.15, 0.2) is 58.0 Å². The minimum Gasteiger partial charge on any atom is -0.487 e. The molecule has 1 aliphatic heterocycles. The van der Waals surface area contributed by atoms with Crippen LogP contribution in [0.2, 0.25) is 0 Å². The second-order valence-corrected chi connectivity index (χ2v) is 11.4. The van der Waals surface area contributed by atoms with Crippen molar-refractivity contribution in [3.8, 4) is 5.75 Å². The molecule has 0 amide bonds. The summed E-state index contributed by atoms with van der Waals surface area (Å²) in [7, 11) is -3.84. The Kier molecular flexibility index (Phi) is 6.77. The van der Waals surface area contributed by atoms with Crippen LogP contribution in [0.5, 0.6) is 5.75 Å². The second-order valence-electron chi connectivity index (χ2n) is 9.36. The van der Waals surface area contributed by atoms with Gasteiger partial charge in [-0.15, -0.1) is 0 Å². The molecule has 1 saturated heterocycles. The lowest BCUT2D eigenvalue weighted by Crippen LogP contribution is -2.37. The van der Waals surface area contributed by atoms with E-state index >= 15 is 0 Å². The van der Waals surface area contributed by atoms with Crippen LogP contribution in [0.25, 0.3) is 0 Å². The largest absolute Gasteiger partial charge is 0.487 e. The van der Waals surface area contributed by atoms with Gasteiger partial charge in [-0.2, -0.15) is 0 Å². The zero-order valence-electron chi connectivity index (χ0n) is 20.0. The second kappa shape index (κ2) is 9.99. The van der Waals surface area contributed by atoms with Crippen molar-refractivity contribution in [3.63, 3.8) is 0 Å². The number of carboxylic acids is 1. The number of anilines is 1. The Balaban J connectivity index is 1.45. The molecule has 0 bridgehead atoms. The number of aryl methyl sites for hydroxylation is 3. The van der Waals surface area contributed by atoms with Crippen molar-refractivity contribution in [2.75, 3.05) is 18.5 Å². The number of ether oxygens (including phenoxy) is 2. The fourth-order valence-corrected chi connectivity index (χ4v) is 6.58. The molecular weight excluding hydrogens is 482 g/mol. The number of benzene rings is 2. The average molecular weight is 512 g/mol. The third-order valence-electron chi connectivity index (χ3n) is 6.81. The van der Waals surface area contributed by atoms with E-state index in [-0.39, 0.29) is 23.2 Å². The molecule has 5 rings (SSSR count). The van der Waals surface area contributed by atoms with Crippen molar-refractivity contribution < 1.29 is 32.2 Å². The van der Waals surface area contributed by atoms with Crippen molar-refractivity contribution in [2.24, 2.45) is 5.92 Å². The summed E-state index contributed by atoms with van der Waals surface area (Å²) >= 11 is 0. The number of carbonyl (C=O) groups is 1. The van der Waals surface area contributed by atoms with Crippen molar-refractivity contribution >= 4 is 21.5 Å². The number of carboxylic acid groups (broad SMARTS) is 1. The van der Waals surface area contributed by atoms with Crippen molar-refractivity contribution in [3.05, 3.63) is 76.5 Å². The van der Waals surface area contributed by atoms with E-state index in [1.807, 2.05) is 12.1 Å². The third-order valence-corrected chi connectivity index (χ3v) is 8.76. The molecular formula is C27H29NO7S. The number of fused-ring (bicyclic) bond motifs is 1. The molecule has 36 heavy (non-hydrogen) atoms. The standard InChI is InChI=1S/C27H29NO7S/c1-17-5-10-25(35-17)36(31,32)26(22-11-12-33-16-22)28-23-13-20-3-2-4-21(20)14-24(23)34-15-18-6-8-19(9-7-18)27(29)30/h5-10,13-14,22,26,28H,2-4,11-12,15-16H2,1H3,(H,29,30). The Morgan fingerprint density at radius 3 is 2.53 bits per heavy atom. The van der Waals surface area contributed by atoms with Gasteiger partial charge in [0.1, 0.15) is 23.5 Å². The third kappa shape index (κ3) is 4.99. The molecule has 2 heterocycles. The van der Waals surface area contributed by atoms with Gasteiger partial charge in [-0.05, 0) is 85.7 Å². The molecule has 190 valence electrons. The van der Waals surface area contributed by atoms with Crippen LogP contribution in [0, 0.1) is 12.8 Å². The first-order chi connectivity index (χ1) is 17.3. The summed E-state index contributed by atoms with van der Waals surface area (Å²) in [5.41, 5.74) is 4.01. The maximum Gasteiger partial charge on any atom is 0.335 e.